The molecule has 4 rings (SSSR count). The van der Waals surface area contributed by atoms with Crippen molar-refractivity contribution in [2.75, 3.05) is 39.8 Å². The van der Waals surface area contributed by atoms with E-state index in [1.54, 1.807) is 19.2 Å². The number of rotatable bonds is 8. The van der Waals surface area contributed by atoms with Crippen LogP contribution in [0.3, 0.4) is 0 Å². The number of aromatic nitrogens is 2. The molecule has 0 aliphatic carbocycles. The lowest BCUT2D eigenvalue weighted by Crippen LogP contribution is -2.49. The molecule has 2 aromatic carbocycles. The average molecular weight is 470 g/mol. The average Bonchev–Trinajstić information content (AvgIpc) is 3.29. The van der Waals surface area contributed by atoms with E-state index in [1.807, 2.05) is 43.3 Å². The number of carbonyl (C=O) groups excluding carboxylic acids is 1. The van der Waals surface area contributed by atoms with Gasteiger partial charge in [-0.3, -0.25) is 14.6 Å². The molecule has 0 saturated carbocycles. The van der Waals surface area contributed by atoms with E-state index >= 15 is 0 Å². The zero-order valence-corrected chi connectivity index (χ0v) is 19.6. The van der Waals surface area contributed by atoms with Crippen molar-refractivity contribution in [1.29, 1.82) is 0 Å². The van der Waals surface area contributed by atoms with Gasteiger partial charge in [-0.05, 0) is 37.3 Å². The maximum absolute atomic E-state index is 12.6. The van der Waals surface area contributed by atoms with Crippen LogP contribution in [0.15, 0.2) is 53.1 Å². The minimum absolute atomic E-state index is 0.00589. The van der Waals surface area contributed by atoms with Gasteiger partial charge < -0.3 is 14.6 Å². The molecule has 1 aliphatic rings. The molecule has 1 unspecified atom stereocenters. The van der Waals surface area contributed by atoms with Crippen LogP contribution >= 0.6 is 11.6 Å². The zero-order chi connectivity index (χ0) is 23.2. The van der Waals surface area contributed by atoms with Crippen LogP contribution < -0.4 is 10.1 Å². The zero-order valence-electron chi connectivity index (χ0n) is 18.8. The number of carbonyl (C=O) groups is 1. The van der Waals surface area contributed by atoms with Crippen molar-refractivity contribution in [1.82, 2.24) is 25.3 Å². The van der Waals surface area contributed by atoms with E-state index in [4.69, 9.17) is 20.9 Å². The van der Waals surface area contributed by atoms with E-state index in [0.29, 0.717) is 29.8 Å². The molecule has 1 atom stereocenters. The molecule has 1 aromatic heterocycles. The lowest BCUT2D eigenvalue weighted by atomic mass is 10.1. The molecule has 2 heterocycles. The van der Waals surface area contributed by atoms with Crippen molar-refractivity contribution in [2.45, 2.75) is 19.5 Å². The van der Waals surface area contributed by atoms with Gasteiger partial charge in [-0.2, -0.15) is 4.98 Å². The van der Waals surface area contributed by atoms with Crippen molar-refractivity contribution < 1.29 is 14.1 Å². The van der Waals surface area contributed by atoms with Gasteiger partial charge in [0.1, 0.15) is 5.75 Å². The highest BCUT2D eigenvalue weighted by molar-refractivity contribution is 6.30. The molecule has 1 amide bonds. The fourth-order valence-electron chi connectivity index (χ4n) is 3.92. The molecule has 8 nitrogen and oxygen atoms in total. The predicted molar refractivity (Wildman–Crippen MR) is 126 cm³/mol. The molecular weight excluding hydrogens is 442 g/mol. The van der Waals surface area contributed by atoms with Gasteiger partial charge in [0.25, 0.3) is 0 Å². The first-order valence-corrected chi connectivity index (χ1v) is 11.3. The van der Waals surface area contributed by atoms with Crippen LogP contribution in [0.5, 0.6) is 5.75 Å². The molecule has 1 aliphatic heterocycles. The predicted octanol–water partition coefficient (Wildman–Crippen LogP) is 3.39. The number of hydrogen-bond donors (Lipinski definition) is 1. The van der Waals surface area contributed by atoms with Gasteiger partial charge in [-0.1, -0.05) is 35.0 Å². The first-order chi connectivity index (χ1) is 16.0. The summed E-state index contributed by atoms with van der Waals surface area (Å²) in [5.74, 6) is 1.92. The van der Waals surface area contributed by atoms with Crippen LogP contribution in [0.1, 0.15) is 24.4 Å². The SMILES string of the molecule is COc1ccccc1C(C)NC(=O)CN1CCN(Cc2nc(-c3ccc(Cl)cc3)no2)CC1. The van der Waals surface area contributed by atoms with E-state index in [2.05, 4.69) is 25.3 Å². The summed E-state index contributed by atoms with van der Waals surface area (Å²) in [6.07, 6.45) is 0. The lowest BCUT2D eigenvalue weighted by molar-refractivity contribution is -0.123. The Kier molecular flexibility index (Phi) is 7.59. The number of benzene rings is 2. The molecule has 174 valence electrons. The number of hydrogen-bond acceptors (Lipinski definition) is 7. The highest BCUT2D eigenvalue weighted by atomic mass is 35.5. The normalized spacial score (nSPS) is 15.8. The Morgan fingerprint density at radius 3 is 2.55 bits per heavy atom. The lowest BCUT2D eigenvalue weighted by Gasteiger charge is -2.33. The maximum Gasteiger partial charge on any atom is 0.241 e. The summed E-state index contributed by atoms with van der Waals surface area (Å²) in [7, 11) is 1.64. The van der Waals surface area contributed by atoms with Crippen molar-refractivity contribution >= 4 is 17.5 Å². The Morgan fingerprint density at radius 1 is 1.12 bits per heavy atom. The third-order valence-electron chi connectivity index (χ3n) is 5.74. The third-order valence-corrected chi connectivity index (χ3v) is 6.00. The molecule has 0 spiro atoms. The van der Waals surface area contributed by atoms with E-state index in [1.165, 1.54) is 0 Å². The van der Waals surface area contributed by atoms with Crippen molar-refractivity contribution in [2.24, 2.45) is 0 Å². The fourth-order valence-corrected chi connectivity index (χ4v) is 4.05. The van der Waals surface area contributed by atoms with Crippen LogP contribution in [0.25, 0.3) is 11.4 Å². The number of nitrogens with one attached hydrogen (secondary N) is 1. The van der Waals surface area contributed by atoms with E-state index < -0.39 is 0 Å². The smallest absolute Gasteiger partial charge is 0.241 e. The number of para-hydroxylation sites is 1. The Labute approximate surface area is 198 Å². The maximum atomic E-state index is 12.6. The second-order valence-corrected chi connectivity index (χ2v) is 8.54. The Hall–Kier alpha value is -2.94. The first-order valence-electron chi connectivity index (χ1n) is 11.0. The van der Waals surface area contributed by atoms with Crippen LogP contribution in [-0.4, -0.2) is 65.7 Å². The largest absolute Gasteiger partial charge is 0.496 e. The van der Waals surface area contributed by atoms with E-state index in [9.17, 15) is 4.79 Å². The Bertz CT molecular complexity index is 1060. The summed E-state index contributed by atoms with van der Waals surface area (Å²) >= 11 is 5.94. The minimum atomic E-state index is -0.123. The van der Waals surface area contributed by atoms with Crippen LogP contribution in [0, 0.1) is 0 Å². The second kappa shape index (κ2) is 10.8. The quantitative estimate of drug-likeness (QED) is 0.541. The van der Waals surface area contributed by atoms with Gasteiger partial charge in [0.2, 0.25) is 17.6 Å². The molecule has 1 saturated heterocycles. The van der Waals surface area contributed by atoms with Gasteiger partial charge in [0.05, 0.1) is 26.2 Å². The van der Waals surface area contributed by atoms with Gasteiger partial charge in [0, 0.05) is 42.3 Å². The summed E-state index contributed by atoms with van der Waals surface area (Å²) in [5.41, 5.74) is 1.84. The summed E-state index contributed by atoms with van der Waals surface area (Å²) in [6.45, 7) is 6.18. The molecule has 3 aromatic rings. The summed E-state index contributed by atoms with van der Waals surface area (Å²) in [4.78, 5) is 21.5. The van der Waals surface area contributed by atoms with Crippen molar-refractivity contribution in [3.63, 3.8) is 0 Å². The fraction of sp³-hybridized carbons (Fsp3) is 0.375. The van der Waals surface area contributed by atoms with Gasteiger partial charge in [0.15, 0.2) is 0 Å². The Balaban J connectivity index is 1.23. The van der Waals surface area contributed by atoms with Crippen molar-refractivity contribution in [3.8, 4) is 17.1 Å². The number of methoxy groups -OCH3 is 1. The molecular formula is C24H28ClN5O3. The van der Waals surface area contributed by atoms with Crippen LogP contribution in [0.4, 0.5) is 0 Å². The summed E-state index contributed by atoms with van der Waals surface area (Å²) < 4.78 is 10.8. The number of nitrogens with zero attached hydrogens (tertiary/aromatic N) is 4. The second-order valence-electron chi connectivity index (χ2n) is 8.10. The summed E-state index contributed by atoms with van der Waals surface area (Å²) in [6, 6.07) is 15.0. The van der Waals surface area contributed by atoms with Crippen molar-refractivity contribution in [3.05, 3.63) is 65.0 Å². The molecule has 33 heavy (non-hydrogen) atoms. The van der Waals surface area contributed by atoms with Gasteiger partial charge in [-0.25, -0.2) is 0 Å². The third kappa shape index (κ3) is 6.10. The monoisotopic (exact) mass is 469 g/mol. The highest BCUT2D eigenvalue weighted by Crippen LogP contribution is 2.24. The van der Waals surface area contributed by atoms with Gasteiger partial charge in [-0.15, -0.1) is 0 Å². The van der Waals surface area contributed by atoms with Gasteiger partial charge >= 0.3 is 0 Å². The minimum Gasteiger partial charge on any atom is -0.496 e. The molecule has 0 radical (unpaired) electrons. The molecule has 0 bridgehead atoms. The van der Waals surface area contributed by atoms with E-state index in [0.717, 1.165) is 43.1 Å². The summed E-state index contributed by atoms with van der Waals surface area (Å²) in [5, 5.41) is 7.82. The number of amides is 1. The number of halogens is 1. The topological polar surface area (TPSA) is 83.7 Å². The standard InChI is InChI=1S/C24H28ClN5O3/c1-17(20-5-3-4-6-21(20)32-2)26-22(31)15-29-11-13-30(14-12-29)16-23-27-24(28-33-23)18-7-9-19(25)10-8-18/h3-10,17H,11-16H2,1-2H3,(H,26,31). The Morgan fingerprint density at radius 2 is 1.82 bits per heavy atom. The molecule has 1 N–H and O–H groups in total. The highest BCUT2D eigenvalue weighted by Gasteiger charge is 2.22. The van der Waals surface area contributed by atoms with Crippen LogP contribution in [-0.2, 0) is 11.3 Å². The van der Waals surface area contributed by atoms with Crippen LogP contribution in [0.2, 0.25) is 5.02 Å². The van der Waals surface area contributed by atoms with E-state index in [-0.39, 0.29) is 11.9 Å². The number of piperazine rings is 1. The molecule has 1 fully saturated rings. The first kappa shape index (κ1) is 23.2. The number of ether oxygens (including phenoxy) is 1. The molecule has 9 heteroatoms.